The number of hydrogen-bond acceptors (Lipinski definition) is 3. The fraction of sp³-hybridized carbons (Fsp3) is 0.650. The second kappa shape index (κ2) is 10.3. The highest BCUT2D eigenvalue weighted by atomic mass is 16.5. The summed E-state index contributed by atoms with van der Waals surface area (Å²) in [5, 5.41) is 16.3. The molecule has 1 saturated carbocycles. The molecule has 1 aromatic rings. The average molecular weight is 348 g/mol. The first-order valence-electron chi connectivity index (χ1n) is 9.46. The van der Waals surface area contributed by atoms with Crippen LogP contribution in [0.2, 0.25) is 0 Å². The van der Waals surface area contributed by atoms with Crippen LogP contribution in [0, 0.1) is 5.41 Å². The minimum Gasteiger partial charge on any atom is -0.508 e. The molecule has 0 atom stereocenters. The number of nitrogens with one attached hydrogen (secondary N) is 2. The Labute approximate surface area is 151 Å². The maximum atomic E-state index is 9.54. The van der Waals surface area contributed by atoms with Gasteiger partial charge in [0.15, 0.2) is 5.96 Å². The molecule has 0 bridgehead atoms. The summed E-state index contributed by atoms with van der Waals surface area (Å²) < 4.78 is 5.31. The Balaban J connectivity index is 1.88. The van der Waals surface area contributed by atoms with Crippen molar-refractivity contribution < 1.29 is 9.84 Å². The zero-order chi connectivity index (χ0) is 18.0. The van der Waals surface area contributed by atoms with Gasteiger partial charge in [0, 0.05) is 33.4 Å². The van der Waals surface area contributed by atoms with Gasteiger partial charge in [-0.05, 0) is 55.7 Å². The van der Waals surface area contributed by atoms with Crippen molar-refractivity contribution in [2.24, 2.45) is 10.4 Å². The monoisotopic (exact) mass is 347 g/mol. The average Bonchev–Trinajstić information content (AvgIpc) is 3.07. The summed E-state index contributed by atoms with van der Waals surface area (Å²) in [7, 11) is 1.78. The summed E-state index contributed by atoms with van der Waals surface area (Å²) in [5.41, 5.74) is 1.43. The van der Waals surface area contributed by atoms with Crippen molar-refractivity contribution >= 4 is 5.96 Å². The van der Waals surface area contributed by atoms with Crippen LogP contribution in [0.4, 0.5) is 0 Å². The minimum atomic E-state index is 0.309. The highest BCUT2D eigenvalue weighted by Crippen LogP contribution is 2.41. The summed E-state index contributed by atoms with van der Waals surface area (Å²) in [4.78, 5) is 4.86. The SMILES string of the molecule is CCNC(=NCC1(CCOC)CCCC1)NCCc1cccc(O)c1. The van der Waals surface area contributed by atoms with Gasteiger partial charge in [0.1, 0.15) is 5.75 Å². The van der Waals surface area contributed by atoms with Crippen LogP contribution in [-0.4, -0.2) is 44.4 Å². The second-order valence-electron chi connectivity index (χ2n) is 6.99. The van der Waals surface area contributed by atoms with Crippen molar-refractivity contribution in [3.8, 4) is 5.75 Å². The van der Waals surface area contributed by atoms with E-state index in [1.54, 1.807) is 13.2 Å². The van der Waals surface area contributed by atoms with Crippen molar-refractivity contribution in [1.82, 2.24) is 10.6 Å². The lowest BCUT2D eigenvalue weighted by molar-refractivity contribution is 0.141. The van der Waals surface area contributed by atoms with Crippen LogP contribution < -0.4 is 10.6 Å². The standard InChI is InChI=1S/C20H33N3O2/c1-3-21-19(22-13-9-17-7-6-8-18(24)15-17)23-16-20(12-14-25-2)10-4-5-11-20/h6-8,15,24H,3-5,9-14,16H2,1-2H3,(H2,21,22,23). The van der Waals surface area contributed by atoms with E-state index in [1.807, 2.05) is 18.2 Å². The first kappa shape index (κ1) is 19.6. The van der Waals surface area contributed by atoms with Crippen LogP contribution in [0.5, 0.6) is 5.75 Å². The lowest BCUT2D eigenvalue weighted by atomic mass is 9.83. The number of phenolic OH excluding ortho intramolecular Hbond substituents is 1. The van der Waals surface area contributed by atoms with Crippen molar-refractivity contribution in [1.29, 1.82) is 0 Å². The molecule has 2 rings (SSSR count). The van der Waals surface area contributed by atoms with Crippen LogP contribution in [0.25, 0.3) is 0 Å². The highest BCUT2D eigenvalue weighted by molar-refractivity contribution is 5.79. The van der Waals surface area contributed by atoms with Gasteiger partial charge in [-0.2, -0.15) is 0 Å². The number of ether oxygens (including phenoxy) is 1. The Morgan fingerprint density at radius 1 is 1.28 bits per heavy atom. The Kier molecular flexibility index (Phi) is 8.06. The molecule has 0 saturated heterocycles. The smallest absolute Gasteiger partial charge is 0.191 e. The third kappa shape index (κ3) is 6.58. The Morgan fingerprint density at radius 3 is 2.76 bits per heavy atom. The number of benzene rings is 1. The summed E-state index contributed by atoms with van der Waals surface area (Å²) in [6, 6.07) is 7.42. The van der Waals surface area contributed by atoms with Crippen LogP contribution >= 0.6 is 0 Å². The first-order valence-corrected chi connectivity index (χ1v) is 9.46. The number of nitrogens with zero attached hydrogens (tertiary/aromatic N) is 1. The number of methoxy groups -OCH3 is 1. The minimum absolute atomic E-state index is 0.309. The lowest BCUT2D eigenvalue weighted by Crippen LogP contribution is -2.39. The van der Waals surface area contributed by atoms with Gasteiger partial charge in [0.25, 0.3) is 0 Å². The first-order chi connectivity index (χ1) is 12.2. The van der Waals surface area contributed by atoms with Gasteiger partial charge in [0.2, 0.25) is 0 Å². The molecule has 0 radical (unpaired) electrons. The Hall–Kier alpha value is -1.75. The number of aromatic hydroxyl groups is 1. The molecule has 0 amide bonds. The number of aliphatic imine (C=N–C) groups is 1. The van der Waals surface area contributed by atoms with Crippen molar-refractivity contribution in [2.45, 2.75) is 45.4 Å². The van der Waals surface area contributed by atoms with Gasteiger partial charge in [-0.3, -0.25) is 4.99 Å². The van der Waals surface area contributed by atoms with Crippen LogP contribution in [0.15, 0.2) is 29.3 Å². The maximum Gasteiger partial charge on any atom is 0.191 e. The normalized spacial score (nSPS) is 16.8. The van der Waals surface area contributed by atoms with Gasteiger partial charge in [-0.25, -0.2) is 0 Å². The van der Waals surface area contributed by atoms with E-state index in [9.17, 15) is 5.11 Å². The topological polar surface area (TPSA) is 65.9 Å². The van der Waals surface area contributed by atoms with E-state index in [-0.39, 0.29) is 0 Å². The molecule has 0 aliphatic heterocycles. The van der Waals surface area contributed by atoms with Crippen molar-refractivity contribution in [3.05, 3.63) is 29.8 Å². The van der Waals surface area contributed by atoms with E-state index in [0.29, 0.717) is 11.2 Å². The third-order valence-electron chi connectivity index (χ3n) is 5.03. The van der Waals surface area contributed by atoms with Crippen molar-refractivity contribution in [3.63, 3.8) is 0 Å². The Morgan fingerprint density at radius 2 is 2.08 bits per heavy atom. The number of hydrogen-bond donors (Lipinski definition) is 3. The summed E-state index contributed by atoms with van der Waals surface area (Å²) in [6.45, 7) is 5.40. The second-order valence-corrected chi connectivity index (χ2v) is 6.99. The van der Waals surface area contributed by atoms with Crippen LogP contribution in [0.1, 0.15) is 44.6 Å². The molecule has 5 nitrogen and oxygen atoms in total. The summed E-state index contributed by atoms with van der Waals surface area (Å²) >= 11 is 0. The van der Waals surface area contributed by atoms with E-state index >= 15 is 0 Å². The van der Waals surface area contributed by atoms with E-state index < -0.39 is 0 Å². The van der Waals surface area contributed by atoms with Gasteiger partial charge >= 0.3 is 0 Å². The van der Waals surface area contributed by atoms with Gasteiger partial charge in [-0.1, -0.05) is 25.0 Å². The van der Waals surface area contributed by atoms with E-state index in [0.717, 1.165) is 50.6 Å². The zero-order valence-corrected chi connectivity index (χ0v) is 15.7. The third-order valence-corrected chi connectivity index (χ3v) is 5.03. The zero-order valence-electron chi connectivity index (χ0n) is 15.7. The molecule has 0 heterocycles. The molecule has 5 heteroatoms. The quantitative estimate of drug-likeness (QED) is 0.474. The number of rotatable bonds is 9. The molecule has 0 aromatic heterocycles. The fourth-order valence-corrected chi connectivity index (χ4v) is 3.56. The van der Waals surface area contributed by atoms with Gasteiger partial charge in [0.05, 0.1) is 0 Å². The molecular formula is C20H33N3O2. The predicted molar refractivity (Wildman–Crippen MR) is 103 cm³/mol. The molecule has 0 spiro atoms. The lowest BCUT2D eigenvalue weighted by Gasteiger charge is -2.27. The molecule has 1 aromatic carbocycles. The van der Waals surface area contributed by atoms with Gasteiger partial charge < -0.3 is 20.5 Å². The molecule has 1 aliphatic rings. The molecular weight excluding hydrogens is 314 g/mol. The summed E-state index contributed by atoms with van der Waals surface area (Å²) in [6.07, 6.45) is 7.07. The fourth-order valence-electron chi connectivity index (χ4n) is 3.56. The molecule has 25 heavy (non-hydrogen) atoms. The van der Waals surface area contributed by atoms with Gasteiger partial charge in [-0.15, -0.1) is 0 Å². The predicted octanol–water partition coefficient (Wildman–Crippen LogP) is 3.09. The molecule has 140 valence electrons. The van der Waals surface area contributed by atoms with Crippen LogP contribution in [-0.2, 0) is 11.2 Å². The molecule has 1 aliphatic carbocycles. The largest absolute Gasteiger partial charge is 0.508 e. The van der Waals surface area contributed by atoms with E-state index in [2.05, 4.69) is 17.6 Å². The number of phenols is 1. The highest BCUT2D eigenvalue weighted by Gasteiger charge is 2.33. The van der Waals surface area contributed by atoms with Crippen molar-refractivity contribution in [2.75, 3.05) is 33.4 Å². The Bertz CT molecular complexity index is 539. The maximum absolute atomic E-state index is 9.54. The molecule has 1 fully saturated rings. The number of guanidine groups is 1. The van der Waals surface area contributed by atoms with E-state index in [4.69, 9.17) is 9.73 Å². The van der Waals surface area contributed by atoms with Crippen LogP contribution in [0.3, 0.4) is 0 Å². The summed E-state index contributed by atoms with van der Waals surface area (Å²) in [5.74, 6) is 1.20. The molecule has 3 N–H and O–H groups in total. The van der Waals surface area contributed by atoms with E-state index in [1.165, 1.54) is 25.7 Å². The molecule has 0 unspecified atom stereocenters.